The molecule has 0 aliphatic carbocycles. The van der Waals surface area contributed by atoms with Crippen LogP contribution in [0, 0.1) is 34.9 Å². The topological polar surface area (TPSA) is 66.0 Å². The summed E-state index contributed by atoms with van der Waals surface area (Å²) in [5.74, 6) is 0.320. The van der Waals surface area contributed by atoms with Crippen LogP contribution < -0.4 is 0 Å². The first-order chi connectivity index (χ1) is 5.63. The average molecular weight is 168 g/mol. The lowest BCUT2D eigenvalue weighted by Crippen LogP contribution is -2.25. The smallest absolute Gasteiger partial charge is 0.289 e. The summed E-state index contributed by atoms with van der Waals surface area (Å²) in [5.41, 5.74) is 0. The quantitative estimate of drug-likeness (QED) is 0.472. The van der Waals surface area contributed by atoms with E-state index in [4.69, 9.17) is 10.5 Å². The Morgan fingerprint density at radius 1 is 1.00 bits per heavy atom. The third-order valence-electron chi connectivity index (χ3n) is 1.82. The summed E-state index contributed by atoms with van der Waals surface area (Å²) in [7, 11) is 0. The average Bonchev–Trinajstić information content (AvgIpc) is 2.03. The molecule has 0 aromatic carbocycles. The second-order valence-corrected chi connectivity index (χ2v) is 2.89. The molecule has 1 atom stereocenters. The van der Waals surface area contributed by atoms with Crippen molar-refractivity contribution >= 4 is 0 Å². The summed E-state index contributed by atoms with van der Waals surface area (Å²) < 4.78 is 9.13. The number of nitrogens with zero attached hydrogens (tertiary/aromatic N) is 2. The van der Waals surface area contributed by atoms with Crippen LogP contribution in [0.2, 0.25) is 0 Å². The molecule has 0 rings (SSSR count). The van der Waals surface area contributed by atoms with Gasteiger partial charge < -0.3 is 9.47 Å². The van der Waals surface area contributed by atoms with Crippen LogP contribution in [0.4, 0.5) is 0 Å². The molecule has 0 heterocycles. The van der Waals surface area contributed by atoms with Gasteiger partial charge in [-0.15, -0.1) is 0 Å². The lowest BCUT2D eigenvalue weighted by atomic mass is 9.98. The standard InChI is InChI=1S/C8H12N2O2/c1-6(2)7(3)8(11-4-9)12-5-10/h6-8H,1-3H3. The maximum absolute atomic E-state index is 8.23. The number of nitriles is 2. The molecule has 66 valence electrons. The minimum absolute atomic E-state index is 0.0179. The van der Waals surface area contributed by atoms with Crippen LogP contribution in [0.1, 0.15) is 20.8 Å². The van der Waals surface area contributed by atoms with E-state index in [0.717, 1.165) is 0 Å². The van der Waals surface area contributed by atoms with Crippen LogP contribution in [-0.2, 0) is 9.47 Å². The molecule has 0 saturated carbocycles. The SMILES string of the molecule is CC(C)C(C)C(OC#N)OC#N. The minimum Gasteiger partial charge on any atom is -0.384 e. The van der Waals surface area contributed by atoms with Crippen molar-refractivity contribution in [1.29, 1.82) is 10.5 Å². The number of ether oxygens (including phenoxy) is 2. The van der Waals surface area contributed by atoms with Crippen molar-refractivity contribution in [2.24, 2.45) is 11.8 Å². The fourth-order valence-corrected chi connectivity index (χ4v) is 0.657. The largest absolute Gasteiger partial charge is 0.384 e. The van der Waals surface area contributed by atoms with Crippen LogP contribution in [0.25, 0.3) is 0 Å². The molecule has 1 unspecified atom stereocenters. The monoisotopic (exact) mass is 168 g/mol. The van der Waals surface area contributed by atoms with Crippen molar-refractivity contribution in [2.75, 3.05) is 0 Å². The van der Waals surface area contributed by atoms with Crippen molar-refractivity contribution in [3.63, 3.8) is 0 Å². The van der Waals surface area contributed by atoms with Gasteiger partial charge in [0.1, 0.15) is 0 Å². The molecule has 0 fully saturated rings. The highest BCUT2D eigenvalue weighted by Gasteiger charge is 2.23. The first-order valence-electron chi connectivity index (χ1n) is 3.73. The van der Waals surface area contributed by atoms with Gasteiger partial charge in [0, 0.05) is 5.92 Å². The highest BCUT2D eigenvalue weighted by molar-refractivity contribution is 4.68. The van der Waals surface area contributed by atoms with Gasteiger partial charge >= 0.3 is 0 Å². The molecule has 0 amide bonds. The van der Waals surface area contributed by atoms with Gasteiger partial charge in [-0.2, -0.15) is 10.5 Å². The second-order valence-electron chi connectivity index (χ2n) is 2.89. The first kappa shape index (κ1) is 10.6. The second kappa shape index (κ2) is 5.26. The Bertz CT molecular complexity index is 186. The zero-order valence-corrected chi connectivity index (χ0v) is 7.44. The molecule has 0 spiro atoms. The van der Waals surface area contributed by atoms with Gasteiger partial charge in [-0.05, 0) is 5.92 Å². The predicted octanol–water partition coefficient (Wildman–Crippen LogP) is 1.60. The first-order valence-corrected chi connectivity index (χ1v) is 3.73. The molecule has 0 aliphatic rings. The molecule has 4 nitrogen and oxygen atoms in total. The van der Waals surface area contributed by atoms with Crippen LogP contribution in [0.3, 0.4) is 0 Å². The van der Waals surface area contributed by atoms with Gasteiger partial charge in [0.05, 0.1) is 0 Å². The van der Waals surface area contributed by atoms with E-state index >= 15 is 0 Å². The van der Waals surface area contributed by atoms with Crippen LogP contribution in [0.5, 0.6) is 0 Å². The summed E-state index contributed by atoms with van der Waals surface area (Å²) >= 11 is 0. The van der Waals surface area contributed by atoms with Crippen molar-refractivity contribution in [1.82, 2.24) is 0 Å². The molecular formula is C8H12N2O2. The third kappa shape index (κ3) is 3.12. The van der Waals surface area contributed by atoms with Gasteiger partial charge in [0.25, 0.3) is 18.8 Å². The van der Waals surface area contributed by atoms with Crippen LogP contribution in [0.15, 0.2) is 0 Å². The number of hydrogen-bond acceptors (Lipinski definition) is 4. The Labute approximate surface area is 72.3 Å². The Hall–Kier alpha value is -1.42. The van der Waals surface area contributed by atoms with Gasteiger partial charge in [-0.1, -0.05) is 20.8 Å². The van der Waals surface area contributed by atoms with Crippen molar-refractivity contribution < 1.29 is 9.47 Å². The van der Waals surface area contributed by atoms with Crippen molar-refractivity contribution in [3.8, 4) is 12.5 Å². The fraction of sp³-hybridized carbons (Fsp3) is 0.750. The summed E-state index contributed by atoms with van der Waals surface area (Å²) in [6, 6.07) is 0. The predicted molar refractivity (Wildman–Crippen MR) is 41.2 cm³/mol. The Kier molecular flexibility index (Phi) is 4.64. The van der Waals surface area contributed by atoms with Gasteiger partial charge in [-0.25, -0.2) is 0 Å². The van der Waals surface area contributed by atoms with Crippen molar-refractivity contribution in [3.05, 3.63) is 0 Å². The summed E-state index contributed by atoms with van der Waals surface area (Å²) in [4.78, 5) is 0. The van der Waals surface area contributed by atoms with Gasteiger partial charge in [0.2, 0.25) is 0 Å². The Morgan fingerprint density at radius 2 is 1.42 bits per heavy atom. The Morgan fingerprint density at radius 3 is 1.67 bits per heavy atom. The van der Waals surface area contributed by atoms with E-state index in [1.807, 2.05) is 20.8 Å². The molecule has 0 N–H and O–H groups in total. The van der Waals surface area contributed by atoms with E-state index in [2.05, 4.69) is 9.47 Å². The lowest BCUT2D eigenvalue weighted by molar-refractivity contribution is -0.0916. The molecule has 0 bridgehead atoms. The van der Waals surface area contributed by atoms with E-state index in [1.165, 1.54) is 12.5 Å². The number of hydrogen-bond donors (Lipinski definition) is 0. The maximum atomic E-state index is 8.23. The van der Waals surface area contributed by atoms with E-state index in [-0.39, 0.29) is 5.92 Å². The van der Waals surface area contributed by atoms with Crippen LogP contribution >= 0.6 is 0 Å². The summed E-state index contributed by atoms with van der Waals surface area (Å²) in [6.07, 6.45) is 2.27. The normalized spacial score (nSPS) is 11.9. The van der Waals surface area contributed by atoms with Gasteiger partial charge in [0.15, 0.2) is 0 Å². The molecule has 4 heteroatoms. The summed E-state index contributed by atoms with van der Waals surface area (Å²) in [5, 5.41) is 16.5. The fourth-order valence-electron chi connectivity index (χ4n) is 0.657. The van der Waals surface area contributed by atoms with Gasteiger partial charge in [-0.3, -0.25) is 0 Å². The van der Waals surface area contributed by atoms with E-state index in [1.54, 1.807) is 0 Å². The lowest BCUT2D eigenvalue weighted by Gasteiger charge is -2.20. The molecule has 0 aliphatic heterocycles. The molecule has 0 saturated heterocycles. The summed E-state index contributed by atoms with van der Waals surface area (Å²) in [6.45, 7) is 5.81. The molecule has 0 aromatic heterocycles. The highest BCUT2D eigenvalue weighted by atomic mass is 16.7. The molecular weight excluding hydrogens is 156 g/mol. The third-order valence-corrected chi connectivity index (χ3v) is 1.82. The Balaban J connectivity index is 4.12. The van der Waals surface area contributed by atoms with E-state index in [9.17, 15) is 0 Å². The number of rotatable bonds is 4. The molecule has 12 heavy (non-hydrogen) atoms. The van der Waals surface area contributed by atoms with E-state index in [0.29, 0.717) is 5.92 Å². The van der Waals surface area contributed by atoms with Crippen molar-refractivity contribution in [2.45, 2.75) is 27.1 Å². The van der Waals surface area contributed by atoms with Crippen LogP contribution in [-0.4, -0.2) is 6.29 Å². The zero-order chi connectivity index (χ0) is 9.56. The molecule has 0 aromatic rings. The zero-order valence-electron chi connectivity index (χ0n) is 7.44. The highest BCUT2D eigenvalue weighted by Crippen LogP contribution is 2.17. The minimum atomic E-state index is -0.750. The maximum Gasteiger partial charge on any atom is 0.289 e. The molecule has 0 radical (unpaired) electrons. The van der Waals surface area contributed by atoms with E-state index < -0.39 is 6.29 Å².